The number of ether oxygens (including phenoxy) is 1. The van der Waals surface area contributed by atoms with E-state index in [0.717, 1.165) is 37.5 Å². The number of aliphatic hydroxyl groups is 1. The highest BCUT2D eigenvalue weighted by molar-refractivity contribution is 7.10. The molecule has 0 saturated carbocycles. The summed E-state index contributed by atoms with van der Waals surface area (Å²) in [6.45, 7) is 4.97. The predicted octanol–water partition coefficient (Wildman–Crippen LogP) is 2.41. The molecule has 0 bridgehead atoms. The molecule has 1 unspecified atom stereocenters. The van der Waals surface area contributed by atoms with Crippen molar-refractivity contribution in [1.82, 2.24) is 9.97 Å². The number of anilines is 2. The van der Waals surface area contributed by atoms with E-state index in [4.69, 9.17) is 9.84 Å². The zero-order valence-corrected chi connectivity index (χ0v) is 14.7. The smallest absolute Gasteiger partial charge is 0.224 e. The molecule has 1 aliphatic heterocycles. The summed E-state index contributed by atoms with van der Waals surface area (Å²) < 4.78 is 5.48. The number of aliphatic hydroxyl groups excluding tert-OH is 1. The second-order valence-electron chi connectivity index (χ2n) is 5.92. The van der Waals surface area contributed by atoms with Crippen LogP contribution in [0.15, 0.2) is 17.5 Å². The first kappa shape index (κ1) is 17.1. The molecule has 3 N–H and O–H groups in total. The molecular weight excluding hydrogens is 324 g/mol. The van der Waals surface area contributed by atoms with E-state index in [1.54, 1.807) is 11.3 Å². The number of aromatic nitrogens is 2. The van der Waals surface area contributed by atoms with Gasteiger partial charge in [-0.1, -0.05) is 0 Å². The summed E-state index contributed by atoms with van der Waals surface area (Å²) in [5.74, 6) is 1.70. The molecule has 24 heavy (non-hydrogen) atoms. The lowest BCUT2D eigenvalue weighted by Crippen LogP contribution is -2.14. The van der Waals surface area contributed by atoms with Crippen molar-refractivity contribution in [1.29, 1.82) is 0 Å². The van der Waals surface area contributed by atoms with Crippen LogP contribution in [-0.2, 0) is 11.2 Å². The van der Waals surface area contributed by atoms with Gasteiger partial charge in [0.15, 0.2) is 0 Å². The van der Waals surface area contributed by atoms with E-state index in [-0.39, 0.29) is 6.61 Å². The van der Waals surface area contributed by atoms with Crippen LogP contribution in [0.4, 0.5) is 11.8 Å². The fourth-order valence-corrected chi connectivity index (χ4v) is 3.65. The number of hydrogen-bond acceptors (Lipinski definition) is 7. The summed E-state index contributed by atoms with van der Waals surface area (Å²) in [6, 6.07) is 4.17. The molecule has 1 atom stereocenters. The van der Waals surface area contributed by atoms with Gasteiger partial charge in [0.05, 0.1) is 18.9 Å². The minimum atomic E-state index is 0.0561. The number of hydrogen-bond donors (Lipinski definition) is 3. The van der Waals surface area contributed by atoms with E-state index in [0.29, 0.717) is 25.0 Å². The third-order valence-corrected chi connectivity index (χ3v) is 5.20. The van der Waals surface area contributed by atoms with Gasteiger partial charge in [-0.05, 0) is 36.8 Å². The molecule has 2 aromatic rings. The highest BCUT2D eigenvalue weighted by atomic mass is 32.1. The SMILES string of the molecule is Cc1ccsc1CCNc1cc(C2CCOC2)nc(NCCO)n1. The van der Waals surface area contributed by atoms with Gasteiger partial charge >= 0.3 is 0 Å². The van der Waals surface area contributed by atoms with Crippen LogP contribution in [0.3, 0.4) is 0 Å². The third kappa shape index (κ3) is 4.43. The Kier molecular flexibility index (Phi) is 6.01. The van der Waals surface area contributed by atoms with E-state index >= 15 is 0 Å². The van der Waals surface area contributed by atoms with Crippen molar-refractivity contribution >= 4 is 23.1 Å². The molecule has 0 amide bonds. The quantitative estimate of drug-likeness (QED) is 0.680. The Morgan fingerprint density at radius 1 is 1.33 bits per heavy atom. The molecule has 3 heterocycles. The van der Waals surface area contributed by atoms with E-state index in [2.05, 4.69) is 39.0 Å². The first-order chi connectivity index (χ1) is 11.8. The number of nitrogens with one attached hydrogen (secondary N) is 2. The minimum Gasteiger partial charge on any atom is -0.395 e. The average Bonchev–Trinajstić information content (AvgIpc) is 3.25. The number of rotatable bonds is 8. The Labute approximate surface area is 146 Å². The van der Waals surface area contributed by atoms with Crippen LogP contribution in [0.1, 0.15) is 28.5 Å². The van der Waals surface area contributed by atoms with Gasteiger partial charge in [-0.2, -0.15) is 4.98 Å². The molecule has 2 aromatic heterocycles. The highest BCUT2D eigenvalue weighted by Gasteiger charge is 2.20. The first-order valence-corrected chi connectivity index (χ1v) is 9.22. The van der Waals surface area contributed by atoms with E-state index in [1.807, 2.05) is 6.07 Å². The molecule has 0 spiro atoms. The van der Waals surface area contributed by atoms with Crippen LogP contribution in [0.5, 0.6) is 0 Å². The molecule has 3 rings (SSSR count). The fourth-order valence-electron chi connectivity index (χ4n) is 2.74. The van der Waals surface area contributed by atoms with Gasteiger partial charge < -0.3 is 20.5 Å². The Morgan fingerprint density at radius 2 is 2.25 bits per heavy atom. The van der Waals surface area contributed by atoms with Crippen molar-refractivity contribution in [2.24, 2.45) is 0 Å². The second-order valence-corrected chi connectivity index (χ2v) is 6.92. The lowest BCUT2D eigenvalue weighted by Gasteiger charge is -2.13. The molecule has 1 fully saturated rings. The Morgan fingerprint density at radius 3 is 2.96 bits per heavy atom. The second kappa shape index (κ2) is 8.41. The summed E-state index contributed by atoms with van der Waals surface area (Å²) in [5, 5.41) is 17.6. The summed E-state index contributed by atoms with van der Waals surface area (Å²) >= 11 is 1.79. The largest absolute Gasteiger partial charge is 0.395 e. The van der Waals surface area contributed by atoms with Crippen LogP contribution in [0, 0.1) is 6.92 Å². The van der Waals surface area contributed by atoms with Gasteiger partial charge in [-0.25, -0.2) is 4.98 Å². The van der Waals surface area contributed by atoms with Gasteiger partial charge in [0.1, 0.15) is 5.82 Å². The fraction of sp³-hybridized carbons (Fsp3) is 0.529. The molecule has 0 aromatic carbocycles. The standard InChI is InChI=1S/C17H24N4O2S/c1-12-4-9-24-15(12)2-5-18-16-10-14(13-3-8-23-11-13)20-17(21-16)19-6-7-22/h4,9-10,13,22H,2-3,5-8,11H2,1H3,(H2,18,19,20,21). The van der Waals surface area contributed by atoms with Gasteiger partial charge in [-0.3, -0.25) is 0 Å². The first-order valence-electron chi connectivity index (χ1n) is 8.34. The number of nitrogens with zero attached hydrogens (tertiary/aromatic N) is 2. The van der Waals surface area contributed by atoms with Crippen molar-refractivity contribution in [3.8, 4) is 0 Å². The van der Waals surface area contributed by atoms with Crippen molar-refractivity contribution in [3.05, 3.63) is 33.6 Å². The van der Waals surface area contributed by atoms with E-state index in [9.17, 15) is 0 Å². The van der Waals surface area contributed by atoms with Gasteiger partial charge in [0, 0.05) is 36.6 Å². The molecule has 130 valence electrons. The summed E-state index contributed by atoms with van der Waals surface area (Å²) in [5.41, 5.74) is 2.34. The maximum Gasteiger partial charge on any atom is 0.224 e. The van der Waals surface area contributed by atoms with Gasteiger partial charge in [0.2, 0.25) is 5.95 Å². The molecule has 1 aliphatic rings. The third-order valence-electron chi connectivity index (χ3n) is 4.12. The lowest BCUT2D eigenvalue weighted by atomic mass is 10.0. The maximum absolute atomic E-state index is 9.00. The average molecular weight is 348 g/mol. The zero-order valence-electron chi connectivity index (χ0n) is 13.9. The molecular formula is C17H24N4O2S. The van der Waals surface area contributed by atoms with Gasteiger partial charge in [-0.15, -0.1) is 11.3 Å². The Hall–Kier alpha value is -1.70. The predicted molar refractivity (Wildman–Crippen MR) is 97.0 cm³/mol. The highest BCUT2D eigenvalue weighted by Crippen LogP contribution is 2.26. The van der Waals surface area contributed by atoms with Crippen LogP contribution in [0.2, 0.25) is 0 Å². The van der Waals surface area contributed by atoms with Crippen LogP contribution in [0.25, 0.3) is 0 Å². The van der Waals surface area contributed by atoms with Crippen molar-refractivity contribution in [2.75, 3.05) is 43.5 Å². The summed E-state index contributed by atoms with van der Waals surface area (Å²) in [6.07, 6.45) is 1.97. The van der Waals surface area contributed by atoms with Gasteiger partial charge in [0.25, 0.3) is 0 Å². The van der Waals surface area contributed by atoms with Crippen LogP contribution >= 0.6 is 11.3 Å². The van der Waals surface area contributed by atoms with Crippen molar-refractivity contribution in [2.45, 2.75) is 25.7 Å². The Bertz CT molecular complexity index is 656. The summed E-state index contributed by atoms with van der Waals surface area (Å²) in [7, 11) is 0. The lowest BCUT2D eigenvalue weighted by molar-refractivity contribution is 0.193. The van der Waals surface area contributed by atoms with E-state index < -0.39 is 0 Å². The molecule has 0 radical (unpaired) electrons. The minimum absolute atomic E-state index is 0.0561. The molecule has 1 saturated heterocycles. The maximum atomic E-state index is 9.00. The van der Waals surface area contributed by atoms with Crippen LogP contribution < -0.4 is 10.6 Å². The van der Waals surface area contributed by atoms with Crippen molar-refractivity contribution < 1.29 is 9.84 Å². The topological polar surface area (TPSA) is 79.3 Å². The molecule has 7 heteroatoms. The Balaban J connectivity index is 1.67. The number of aryl methyl sites for hydroxylation is 1. The zero-order chi connectivity index (χ0) is 16.8. The molecule has 0 aliphatic carbocycles. The van der Waals surface area contributed by atoms with Crippen LogP contribution in [-0.4, -0.2) is 48.0 Å². The molecule has 6 nitrogen and oxygen atoms in total. The normalized spacial score (nSPS) is 17.2. The van der Waals surface area contributed by atoms with Crippen molar-refractivity contribution in [3.63, 3.8) is 0 Å². The summed E-state index contributed by atoms with van der Waals surface area (Å²) in [4.78, 5) is 10.5. The van der Waals surface area contributed by atoms with E-state index in [1.165, 1.54) is 10.4 Å². The number of thiophene rings is 1. The monoisotopic (exact) mass is 348 g/mol.